The van der Waals surface area contributed by atoms with Gasteiger partial charge >= 0.3 is 0 Å². The minimum absolute atomic E-state index is 0.0731. The van der Waals surface area contributed by atoms with Crippen LogP contribution in [-0.4, -0.2) is 17.0 Å². The van der Waals surface area contributed by atoms with E-state index in [0.29, 0.717) is 19.5 Å². The fourth-order valence-electron chi connectivity index (χ4n) is 3.75. The van der Waals surface area contributed by atoms with Crippen molar-refractivity contribution in [2.45, 2.75) is 31.2 Å². The van der Waals surface area contributed by atoms with E-state index < -0.39 is 0 Å². The Balaban J connectivity index is 1.44. The van der Waals surface area contributed by atoms with E-state index in [1.165, 1.54) is 5.56 Å². The van der Waals surface area contributed by atoms with Gasteiger partial charge in [0.15, 0.2) is 0 Å². The van der Waals surface area contributed by atoms with Crippen molar-refractivity contribution in [3.05, 3.63) is 78.0 Å². The van der Waals surface area contributed by atoms with Crippen molar-refractivity contribution in [2.75, 3.05) is 6.54 Å². The average molecular weight is 369 g/mol. The molecule has 0 atom stereocenters. The number of fused-ring (bicyclic) bond motifs is 1. The molecule has 28 heavy (non-hydrogen) atoms. The molecule has 2 aromatic carbocycles. The molecule has 140 valence electrons. The number of nitrogens with one attached hydrogen (secondary N) is 1. The Morgan fingerprint density at radius 2 is 1.89 bits per heavy atom. The second-order valence-corrected chi connectivity index (χ2v) is 7.40. The molecule has 0 aliphatic heterocycles. The average Bonchev–Trinajstić information content (AvgIpc) is 3.46. The summed E-state index contributed by atoms with van der Waals surface area (Å²) in [5.41, 5.74) is 3.49. The number of benzene rings is 2. The number of hydrogen-bond acceptors (Lipinski definition) is 2. The fourth-order valence-corrected chi connectivity index (χ4v) is 3.75. The van der Waals surface area contributed by atoms with Gasteiger partial charge in [0.1, 0.15) is 0 Å². The van der Waals surface area contributed by atoms with E-state index in [1.54, 1.807) is 6.08 Å². The van der Waals surface area contributed by atoms with Crippen LogP contribution in [-0.2, 0) is 16.8 Å². The van der Waals surface area contributed by atoms with Crippen LogP contribution in [0.4, 0.5) is 0 Å². The molecule has 0 bridgehead atoms. The Morgan fingerprint density at radius 1 is 1.14 bits per heavy atom. The predicted octanol–water partition coefficient (Wildman–Crippen LogP) is 4.42. The summed E-state index contributed by atoms with van der Waals surface area (Å²) in [6.07, 6.45) is 8.18. The van der Waals surface area contributed by atoms with E-state index in [2.05, 4.69) is 40.2 Å². The highest BCUT2D eigenvalue weighted by molar-refractivity contribution is 5.96. The molecule has 0 radical (unpaired) electrons. The molecule has 1 saturated carbocycles. The van der Waals surface area contributed by atoms with E-state index in [-0.39, 0.29) is 11.3 Å². The maximum Gasteiger partial charge on any atom is 0.244 e. The van der Waals surface area contributed by atoms with Gasteiger partial charge in [0, 0.05) is 47.2 Å². The highest BCUT2D eigenvalue weighted by Crippen LogP contribution is 2.47. The van der Waals surface area contributed by atoms with Crippen LogP contribution in [0.2, 0.25) is 0 Å². The van der Waals surface area contributed by atoms with E-state index >= 15 is 0 Å². The minimum atomic E-state index is -0.0731. The third kappa shape index (κ3) is 3.70. The van der Waals surface area contributed by atoms with Crippen molar-refractivity contribution in [1.29, 1.82) is 5.26 Å². The molecule has 3 aromatic rings. The van der Waals surface area contributed by atoms with Gasteiger partial charge < -0.3 is 9.88 Å². The molecule has 0 unspecified atom stereocenters. The van der Waals surface area contributed by atoms with Gasteiger partial charge in [-0.2, -0.15) is 5.26 Å². The lowest BCUT2D eigenvalue weighted by molar-refractivity contribution is -0.116. The number of rotatable bonds is 7. The molecule has 0 spiro atoms. The molecular formula is C24H23N3O. The lowest BCUT2D eigenvalue weighted by Gasteiger charge is -2.15. The first-order valence-electron chi connectivity index (χ1n) is 9.68. The lowest BCUT2D eigenvalue weighted by Crippen LogP contribution is -2.30. The number of amides is 1. The van der Waals surface area contributed by atoms with Crippen LogP contribution in [0.25, 0.3) is 17.0 Å². The number of nitriles is 1. The molecule has 4 heteroatoms. The van der Waals surface area contributed by atoms with Gasteiger partial charge in [0.25, 0.3) is 0 Å². The Bertz CT molecular complexity index is 1050. The van der Waals surface area contributed by atoms with Crippen LogP contribution in [0.1, 0.15) is 30.4 Å². The molecule has 1 aliphatic rings. The normalized spacial score (nSPS) is 14.8. The van der Waals surface area contributed by atoms with Gasteiger partial charge in [0.05, 0.1) is 12.5 Å². The van der Waals surface area contributed by atoms with Crippen LogP contribution < -0.4 is 5.32 Å². The molecular weight excluding hydrogens is 346 g/mol. The van der Waals surface area contributed by atoms with E-state index in [4.69, 9.17) is 5.26 Å². The van der Waals surface area contributed by atoms with Crippen LogP contribution in [0, 0.1) is 11.3 Å². The summed E-state index contributed by atoms with van der Waals surface area (Å²) < 4.78 is 2.07. The topological polar surface area (TPSA) is 57.8 Å². The summed E-state index contributed by atoms with van der Waals surface area (Å²) in [4.78, 5) is 12.4. The Morgan fingerprint density at radius 3 is 2.64 bits per heavy atom. The number of para-hydroxylation sites is 1. The molecule has 1 aromatic heterocycles. The second kappa shape index (κ2) is 7.74. The van der Waals surface area contributed by atoms with Gasteiger partial charge in [-0.1, -0.05) is 48.5 Å². The van der Waals surface area contributed by atoms with E-state index in [9.17, 15) is 4.79 Å². The maximum absolute atomic E-state index is 12.4. The zero-order valence-corrected chi connectivity index (χ0v) is 15.8. The third-order valence-electron chi connectivity index (χ3n) is 5.54. The zero-order valence-electron chi connectivity index (χ0n) is 15.8. The van der Waals surface area contributed by atoms with Crippen molar-refractivity contribution >= 4 is 22.9 Å². The summed E-state index contributed by atoms with van der Waals surface area (Å²) in [6.45, 7) is 1.32. The Kier molecular flexibility index (Phi) is 4.99. The predicted molar refractivity (Wildman–Crippen MR) is 112 cm³/mol. The Labute approximate surface area is 165 Å². The molecule has 1 fully saturated rings. The van der Waals surface area contributed by atoms with Crippen LogP contribution in [0.5, 0.6) is 0 Å². The van der Waals surface area contributed by atoms with Crippen LogP contribution in [0.3, 0.4) is 0 Å². The molecule has 1 heterocycles. The van der Waals surface area contributed by atoms with Crippen LogP contribution >= 0.6 is 0 Å². The first-order chi connectivity index (χ1) is 13.7. The van der Waals surface area contributed by atoms with Gasteiger partial charge in [-0.15, -0.1) is 0 Å². The SMILES string of the molecule is N#CCCn1cc(/C=C/C(=O)NCC2(c3ccccc3)CC2)c2ccccc21. The monoisotopic (exact) mass is 369 g/mol. The number of carbonyl (C=O) groups is 1. The minimum Gasteiger partial charge on any atom is -0.352 e. The number of hydrogen-bond donors (Lipinski definition) is 1. The molecule has 0 saturated heterocycles. The van der Waals surface area contributed by atoms with Gasteiger partial charge in [-0.25, -0.2) is 0 Å². The van der Waals surface area contributed by atoms with Crippen molar-refractivity contribution in [3.63, 3.8) is 0 Å². The second-order valence-electron chi connectivity index (χ2n) is 7.40. The summed E-state index contributed by atoms with van der Waals surface area (Å²) in [7, 11) is 0. The highest BCUT2D eigenvalue weighted by atomic mass is 16.1. The van der Waals surface area contributed by atoms with Crippen molar-refractivity contribution in [2.24, 2.45) is 0 Å². The molecule has 1 aliphatic carbocycles. The largest absolute Gasteiger partial charge is 0.352 e. The number of nitrogens with zero attached hydrogens (tertiary/aromatic N) is 2. The zero-order chi connectivity index (χ0) is 19.4. The van der Waals surface area contributed by atoms with Gasteiger partial charge in [0.2, 0.25) is 5.91 Å². The summed E-state index contributed by atoms with van der Waals surface area (Å²) in [5.74, 6) is -0.0731. The Hall–Kier alpha value is -3.32. The maximum atomic E-state index is 12.4. The number of aromatic nitrogens is 1. The third-order valence-corrected chi connectivity index (χ3v) is 5.54. The number of aryl methyl sites for hydroxylation is 1. The van der Waals surface area contributed by atoms with Gasteiger partial charge in [-0.3, -0.25) is 4.79 Å². The summed E-state index contributed by atoms with van der Waals surface area (Å²) in [6, 6.07) is 20.7. The molecule has 1 amide bonds. The lowest BCUT2D eigenvalue weighted by atomic mass is 9.96. The molecule has 4 nitrogen and oxygen atoms in total. The summed E-state index contributed by atoms with van der Waals surface area (Å²) in [5, 5.41) is 13.0. The fraction of sp³-hybridized carbons (Fsp3) is 0.250. The number of carbonyl (C=O) groups excluding carboxylic acids is 1. The molecule has 4 rings (SSSR count). The van der Waals surface area contributed by atoms with Crippen LogP contribution in [0.15, 0.2) is 66.9 Å². The van der Waals surface area contributed by atoms with Crippen molar-refractivity contribution in [3.8, 4) is 6.07 Å². The summed E-state index contributed by atoms with van der Waals surface area (Å²) >= 11 is 0. The first kappa shape index (κ1) is 18.1. The standard InChI is InChI=1S/C24H23N3O/c25-15-6-16-27-17-19(21-9-4-5-10-22(21)27)11-12-23(28)26-18-24(13-14-24)20-7-2-1-3-8-20/h1-5,7-12,17H,6,13-14,16,18H2,(H,26,28)/b12-11+. The first-order valence-corrected chi connectivity index (χ1v) is 9.68. The molecule has 1 N–H and O–H groups in total. The highest BCUT2D eigenvalue weighted by Gasteiger charge is 2.44. The quantitative estimate of drug-likeness (QED) is 0.627. The van der Waals surface area contributed by atoms with Crippen molar-refractivity contribution < 1.29 is 4.79 Å². The van der Waals surface area contributed by atoms with E-state index in [1.807, 2.05) is 42.6 Å². The van der Waals surface area contributed by atoms with E-state index in [0.717, 1.165) is 29.3 Å². The smallest absolute Gasteiger partial charge is 0.244 e. The van der Waals surface area contributed by atoms with Gasteiger partial charge in [-0.05, 0) is 30.5 Å². The van der Waals surface area contributed by atoms with Crippen molar-refractivity contribution in [1.82, 2.24) is 9.88 Å².